The van der Waals surface area contributed by atoms with Gasteiger partial charge < -0.3 is 10.6 Å². The number of nitrogens with zero attached hydrogens (tertiary/aromatic N) is 2. The highest BCUT2D eigenvalue weighted by Crippen LogP contribution is 2.22. The highest BCUT2D eigenvalue weighted by Gasteiger charge is 2.14. The van der Waals surface area contributed by atoms with Gasteiger partial charge in [-0.2, -0.15) is 4.98 Å². The van der Waals surface area contributed by atoms with Gasteiger partial charge in [0.25, 0.3) is 0 Å². The van der Waals surface area contributed by atoms with E-state index in [1.54, 1.807) is 32.2 Å². The molecule has 3 rings (SSSR count). The van der Waals surface area contributed by atoms with Crippen molar-refractivity contribution in [1.82, 2.24) is 14.7 Å². The van der Waals surface area contributed by atoms with Crippen LogP contribution in [0.15, 0.2) is 59.6 Å². The summed E-state index contributed by atoms with van der Waals surface area (Å²) in [5.74, 6) is 0.910. The number of nitrogens with one attached hydrogen (secondary N) is 3. The normalized spacial score (nSPS) is 12.0. The molecule has 12 heteroatoms. The van der Waals surface area contributed by atoms with Gasteiger partial charge in [-0.3, -0.25) is 0 Å². The van der Waals surface area contributed by atoms with Gasteiger partial charge in [-0.25, -0.2) is 31.7 Å². The zero-order chi connectivity index (χ0) is 24.2. The van der Waals surface area contributed by atoms with Crippen LogP contribution in [0.4, 0.5) is 23.1 Å². The van der Waals surface area contributed by atoms with Crippen LogP contribution in [-0.2, 0) is 26.6 Å². The smallest absolute Gasteiger partial charge is 0.238 e. The monoisotopic (exact) mass is 490 g/mol. The molecule has 0 saturated carbocycles. The van der Waals surface area contributed by atoms with Crippen LogP contribution >= 0.6 is 0 Å². The number of nitrogens with two attached hydrogens (primary N) is 1. The Hall–Kier alpha value is -3.06. The summed E-state index contributed by atoms with van der Waals surface area (Å²) in [5.41, 5.74) is 3.02. The summed E-state index contributed by atoms with van der Waals surface area (Å²) in [5, 5.41) is 10.9. The molecule has 0 saturated heterocycles. The zero-order valence-corrected chi connectivity index (χ0v) is 20.0. The highest BCUT2D eigenvalue weighted by atomic mass is 32.2. The predicted molar refractivity (Wildman–Crippen MR) is 128 cm³/mol. The van der Waals surface area contributed by atoms with Crippen LogP contribution in [0.3, 0.4) is 0 Å². The molecule has 33 heavy (non-hydrogen) atoms. The van der Waals surface area contributed by atoms with Crippen molar-refractivity contribution in [3.63, 3.8) is 0 Å². The molecule has 0 fully saturated rings. The number of primary sulfonamides is 1. The van der Waals surface area contributed by atoms with Crippen molar-refractivity contribution in [2.75, 3.05) is 10.6 Å². The second kappa shape index (κ2) is 9.83. The average Bonchev–Trinajstić information content (AvgIpc) is 2.75. The lowest BCUT2D eigenvalue weighted by molar-refractivity contribution is 0.572. The second-order valence-corrected chi connectivity index (χ2v) is 11.5. The SMILES string of the molecule is Cc1cnc(Nc2ccc(S(N)(=O)=O)cc2)nc1Nc1ccc(CNS(=O)(=O)C(C)C)cc1. The molecule has 5 N–H and O–H groups in total. The minimum atomic E-state index is -3.76. The molecule has 1 heterocycles. The summed E-state index contributed by atoms with van der Waals surface area (Å²) in [6.45, 7) is 5.33. The first kappa shape index (κ1) is 24.6. The molecule has 0 atom stereocenters. The maximum atomic E-state index is 11.9. The maximum absolute atomic E-state index is 11.9. The van der Waals surface area contributed by atoms with Gasteiger partial charge in [0.05, 0.1) is 10.1 Å². The third-order valence-electron chi connectivity index (χ3n) is 4.73. The Bertz CT molecular complexity index is 1320. The Balaban J connectivity index is 1.68. The van der Waals surface area contributed by atoms with Crippen LogP contribution in [0.2, 0.25) is 0 Å². The molecule has 0 aliphatic heterocycles. The first-order valence-corrected chi connectivity index (χ1v) is 13.1. The first-order valence-electron chi connectivity index (χ1n) is 10.0. The van der Waals surface area contributed by atoms with Crippen LogP contribution in [-0.4, -0.2) is 32.1 Å². The lowest BCUT2D eigenvalue weighted by Crippen LogP contribution is -2.30. The zero-order valence-electron chi connectivity index (χ0n) is 18.4. The fourth-order valence-corrected chi connectivity index (χ4v) is 3.90. The number of aromatic nitrogens is 2. The van der Waals surface area contributed by atoms with Crippen molar-refractivity contribution in [3.05, 3.63) is 65.9 Å². The minimum Gasteiger partial charge on any atom is -0.340 e. The van der Waals surface area contributed by atoms with Crippen LogP contribution < -0.4 is 20.5 Å². The molecule has 176 valence electrons. The van der Waals surface area contributed by atoms with Crippen LogP contribution in [0.25, 0.3) is 0 Å². The highest BCUT2D eigenvalue weighted by molar-refractivity contribution is 7.90. The average molecular weight is 491 g/mol. The summed E-state index contributed by atoms with van der Waals surface area (Å²) >= 11 is 0. The quantitative estimate of drug-likeness (QED) is 0.357. The Kier molecular flexibility index (Phi) is 7.32. The maximum Gasteiger partial charge on any atom is 0.238 e. The fraction of sp³-hybridized carbons (Fsp3) is 0.238. The van der Waals surface area contributed by atoms with E-state index in [1.807, 2.05) is 31.2 Å². The minimum absolute atomic E-state index is 0.0145. The number of hydrogen-bond donors (Lipinski definition) is 4. The molecule has 0 amide bonds. The summed E-state index contributed by atoms with van der Waals surface area (Å²) in [4.78, 5) is 8.74. The second-order valence-electron chi connectivity index (χ2n) is 7.66. The Morgan fingerprint density at radius 1 is 0.909 bits per heavy atom. The molecule has 3 aromatic rings. The van der Waals surface area contributed by atoms with Gasteiger partial charge in [-0.05, 0) is 62.7 Å². The van der Waals surface area contributed by atoms with Gasteiger partial charge in [-0.1, -0.05) is 12.1 Å². The first-order chi connectivity index (χ1) is 15.4. The number of hydrogen-bond acceptors (Lipinski definition) is 8. The molecule has 0 aliphatic carbocycles. The molecule has 1 aromatic heterocycles. The van der Waals surface area contributed by atoms with E-state index in [0.717, 1.165) is 16.8 Å². The van der Waals surface area contributed by atoms with E-state index < -0.39 is 25.3 Å². The Labute approximate surface area is 193 Å². The van der Waals surface area contributed by atoms with Crippen molar-refractivity contribution in [2.45, 2.75) is 37.5 Å². The third kappa shape index (κ3) is 6.71. The van der Waals surface area contributed by atoms with E-state index >= 15 is 0 Å². The molecule has 0 bridgehead atoms. The number of rotatable bonds is 9. The summed E-state index contributed by atoms with van der Waals surface area (Å²) in [6.07, 6.45) is 1.66. The van der Waals surface area contributed by atoms with Crippen LogP contribution in [0, 0.1) is 6.92 Å². The van der Waals surface area contributed by atoms with Gasteiger partial charge in [0.2, 0.25) is 26.0 Å². The summed E-state index contributed by atoms with van der Waals surface area (Å²) < 4.78 is 49.1. The van der Waals surface area contributed by atoms with E-state index in [1.165, 1.54) is 12.1 Å². The summed E-state index contributed by atoms with van der Waals surface area (Å²) in [7, 11) is -7.09. The number of benzene rings is 2. The van der Waals surface area contributed by atoms with Gasteiger partial charge >= 0.3 is 0 Å². The molecular formula is C21H26N6O4S2. The standard InChI is InChI=1S/C21H26N6O4S2/c1-14(2)33(30,31)24-13-16-4-6-17(7-5-16)25-20-15(3)12-23-21(27-20)26-18-8-10-19(11-9-18)32(22,28)29/h4-12,14,24H,13H2,1-3H3,(H2,22,28,29)(H2,23,25,26,27). The van der Waals surface area contributed by atoms with Crippen molar-refractivity contribution < 1.29 is 16.8 Å². The van der Waals surface area contributed by atoms with Gasteiger partial charge in [0.15, 0.2) is 0 Å². The van der Waals surface area contributed by atoms with Crippen molar-refractivity contribution in [1.29, 1.82) is 0 Å². The van der Waals surface area contributed by atoms with E-state index in [9.17, 15) is 16.8 Å². The molecule has 0 unspecified atom stereocenters. The van der Waals surface area contributed by atoms with Gasteiger partial charge in [0, 0.05) is 29.7 Å². The Morgan fingerprint density at radius 3 is 2.06 bits per heavy atom. The number of anilines is 4. The fourth-order valence-electron chi connectivity index (χ4n) is 2.68. The van der Waals surface area contributed by atoms with E-state index in [2.05, 4.69) is 25.3 Å². The molecule has 0 radical (unpaired) electrons. The van der Waals surface area contributed by atoms with Crippen molar-refractivity contribution in [3.8, 4) is 0 Å². The van der Waals surface area contributed by atoms with E-state index in [-0.39, 0.29) is 11.4 Å². The number of aryl methyl sites for hydroxylation is 1. The lowest BCUT2D eigenvalue weighted by Gasteiger charge is -2.12. The van der Waals surface area contributed by atoms with Gasteiger partial charge in [0.1, 0.15) is 5.82 Å². The molecular weight excluding hydrogens is 464 g/mol. The molecule has 10 nitrogen and oxygen atoms in total. The van der Waals surface area contributed by atoms with Crippen molar-refractivity contribution >= 4 is 43.2 Å². The predicted octanol–water partition coefficient (Wildman–Crippen LogP) is 2.75. The molecule has 2 aromatic carbocycles. The van der Waals surface area contributed by atoms with Crippen molar-refractivity contribution in [2.24, 2.45) is 5.14 Å². The van der Waals surface area contributed by atoms with E-state index in [0.29, 0.717) is 17.5 Å². The topological polar surface area (TPSA) is 156 Å². The Morgan fingerprint density at radius 2 is 1.48 bits per heavy atom. The summed E-state index contributed by atoms with van der Waals surface area (Å²) in [6, 6.07) is 13.3. The van der Waals surface area contributed by atoms with Gasteiger partial charge in [-0.15, -0.1) is 0 Å². The van der Waals surface area contributed by atoms with Crippen LogP contribution in [0.1, 0.15) is 25.0 Å². The third-order valence-corrected chi connectivity index (χ3v) is 7.44. The molecule has 0 spiro atoms. The van der Waals surface area contributed by atoms with Crippen LogP contribution in [0.5, 0.6) is 0 Å². The molecule has 0 aliphatic rings. The van der Waals surface area contributed by atoms with E-state index in [4.69, 9.17) is 5.14 Å². The lowest BCUT2D eigenvalue weighted by atomic mass is 10.2. The number of sulfonamides is 2. The largest absolute Gasteiger partial charge is 0.340 e.